The maximum atomic E-state index is 11.5. The van der Waals surface area contributed by atoms with Crippen LogP contribution in [0.2, 0.25) is 0 Å². The van der Waals surface area contributed by atoms with Gasteiger partial charge in [-0.2, -0.15) is 9.98 Å². The molecule has 0 aromatic carbocycles. The molecule has 10 heteroatoms. The van der Waals surface area contributed by atoms with Gasteiger partial charge in [0, 0.05) is 0 Å². The van der Waals surface area contributed by atoms with Crippen LogP contribution in [0.15, 0.2) is 28.8 Å². The Morgan fingerprint density at radius 3 is 1.71 bits per heavy atom. The fraction of sp³-hybridized carbons (Fsp3) is 0.286. The minimum atomic E-state index is -1.27. The molecule has 0 spiro atoms. The summed E-state index contributed by atoms with van der Waals surface area (Å²) >= 11 is 0. The summed E-state index contributed by atoms with van der Waals surface area (Å²) in [6.45, 7) is -1.29. The number of aliphatic imine (C=N–C) groups is 2. The number of aromatic nitrogens is 2. The van der Waals surface area contributed by atoms with Gasteiger partial charge < -0.3 is 4.42 Å². The molecule has 0 bridgehead atoms. The lowest BCUT2D eigenvalue weighted by Gasteiger charge is -2.01. The minimum Gasteiger partial charge on any atom is -0.358 e. The third-order valence-corrected chi connectivity index (χ3v) is 1.63. The Morgan fingerprint density at radius 1 is 0.941 bits per heavy atom. The molecule has 0 atom stereocenters. The molecule has 0 N–H and O–H groups in total. The van der Waals surface area contributed by atoms with Crippen molar-refractivity contribution in [3.8, 4) is 0 Å². The molecule has 0 aliphatic carbocycles. The number of rotatable bonds is 4. The van der Waals surface area contributed by atoms with Crippen LogP contribution in [0.3, 0.4) is 0 Å². The maximum Gasteiger partial charge on any atom is 0.428 e. The van der Waals surface area contributed by atoms with E-state index in [2.05, 4.69) is 14.4 Å². The van der Waals surface area contributed by atoms with E-state index < -0.39 is 30.5 Å². The topological polar surface area (TPSA) is 133 Å². The van der Waals surface area contributed by atoms with E-state index in [1.807, 2.05) is 0 Å². The first kappa shape index (κ1) is 12.2. The molecule has 88 valence electrons. The number of carbonyl (C=O) groups excluding carboxylic acids is 2. The van der Waals surface area contributed by atoms with E-state index in [1.165, 1.54) is 0 Å². The van der Waals surface area contributed by atoms with Gasteiger partial charge in [-0.15, -0.1) is 0 Å². The average molecular weight is 240 g/mol. The SMILES string of the molecule is O=C=NCn1c(=O)oc(=O)n(CN=C=O)c1=O. The summed E-state index contributed by atoms with van der Waals surface area (Å²) in [6, 6.07) is 0. The van der Waals surface area contributed by atoms with Crippen LogP contribution in [-0.2, 0) is 22.9 Å². The van der Waals surface area contributed by atoms with Gasteiger partial charge in [0.2, 0.25) is 12.2 Å². The molecule has 0 amide bonds. The standard InChI is InChI=1S/C7H4N4O6/c12-3-8-1-10-5(14)11(2-9-4-13)7(16)17-6(10)15/h1-2H2. The summed E-state index contributed by atoms with van der Waals surface area (Å²) in [7, 11) is 0. The Morgan fingerprint density at radius 2 is 1.35 bits per heavy atom. The summed E-state index contributed by atoms with van der Waals surface area (Å²) in [5.74, 6) is -2.55. The van der Waals surface area contributed by atoms with Gasteiger partial charge in [-0.1, -0.05) is 0 Å². The van der Waals surface area contributed by atoms with Crippen LogP contribution >= 0.6 is 0 Å². The highest BCUT2D eigenvalue weighted by atomic mass is 16.5. The largest absolute Gasteiger partial charge is 0.428 e. The van der Waals surface area contributed by atoms with E-state index >= 15 is 0 Å². The van der Waals surface area contributed by atoms with Crippen LogP contribution in [0.4, 0.5) is 0 Å². The van der Waals surface area contributed by atoms with Crippen LogP contribution < -0.4 is 17.2 Å². The molecule has 0 saturated heterocycles. The maximum absolute atomic E-state index is 11.5. The molecule has 1 aromatic rings. The molecular formula is C7H4N4O6. The molecule has 0 radical (unpaired) electrons. The van der Waals surface area contributed by atoms with Crippen molar-refractivity contribution >= 4 is 12.2 Å². The first-order valence-corrected chi connectivity index (χ1v) is 4.04. The van der Waals surface area contributed by atoms with Gasteiger partial charge in [-0.25, -0.2) is 33.1 Å². The van der Waals surface area contributed by atoms with E-state index in [0.29, 0.717) is 9.13 Å². The molecular weight excluding hydrogens is 236 g/mol. The molecule has 1 heterocycles. The normalized spacial score (nSPS) is 9.18. The molecule has 10 nitrogen and oxygen atoms in total. The first-order chi connectivity index (χ1) is 8.11. The van der Waals surface area contributed by atoms with Gasteiger partial charge in [0.1, 0.15) is 13.3 Å². The molecule has 1 rings (SSSR count). The van der Waals surface area contributed by atoms with Crippen molar-refractivity contribution in [3.05, 3.63) is 31.6 Å². The van der Waals surface area contributed by atoms with Gasteiger partial charge in [0.15, 0.2) is 0 Å². The second-order valence-corrected chi connectivity index (χ2v) is 2.55. The number of isocyanates is 2. The molecule has 0 aliphatic rings. The lowest BCUT2D eigenvalue weighted by molar-refractivity contribution is 0.325. The summed E-state index contributed by atoms with van der Waals surface area (Å²) in [5.41, 5.74) is -1.11. The van der Waals surface area contributed by atoms with Crippen molar-refractivity contribution in [3.63, 3.8) is 0 Å². The third-order valence-electron chi connectivity index (χ3n) is 1.63. The highest BCUT2D eigenvalue weighted by Gasteiger charge is 2.10. The van der Waals surface area contributed by atoms with Crippen molar-refractivity contribution in [2.45, 2.75) is 13.3 Å². The van der Waals surface area contributed by atoms with Crippen molar-refractivity contribution in [2.24, 2.45) is 9.98 Å². The van der Waals surface area contributed by atoms with Gasteiger partial charge in [0.25, 0.3) is 0 Å². The lowest BCUT2D eigenvalue weighted by Crippen LogP contribution is -2.46. The molecule has 1 aromatic heterocycles. The summed E-state index contributed by atoms with van der Waals surface area (Å²) in [4.78, 5) is 59.3. The molecule has 17 heavy (non-hydrogen) atoms. The van der Waals surface area contributed by atoms with Gasteiger partial charge in [0.05, 0.1) is 0 Å². The van der Waals surface area contributed by atoms with E-state index in [-0.39, 0.29) is 0 Å². The Labute approximate surface area is 91.2 Å². The van der Waals surface area contributed by atoms with Crippen molar-refractivity contribution < 1.29 is 14.0 Å². The molecule has 0 fully saturated rings. The van der Waals surface area contributed by atoms with Crippen LogP contribution in [0.5, 0.6) is 0 Å². The van der Waals surface area contributed by atoms with Crippen LogP contribution in [-0.4, -0.2) is 21.3 Å². The Bertz CT molecular complexity index is 626. The number of hydrogen-bond donors (Lipinski definition) is 0. The van der Waals surface area contributed by atoms with Crippen LogP contribution in [0, 0.1) is 0 Å². The quantitative estimate of drug-likeness (QED) is 0.423. The second kappa shape index (κ2) is 5.31. The van der Waals surface area contributed by atoms with E-state index in [9.17, 15) is 24.0 Å². The number of nitrogens with zero attached hydrogens (tertiary/aromatic N) is 4. The zero-order valence-electron chi connectivity index (χ0n) is 8.15. The zero-order chi connectivity index (χ0) is 12.8. The highest BCUT2D eigenvalue weighted by Crippen LogP contribution is 1.75. The van der Waals surface area contributed by atoms with E-state index in [1.54, 1.807) is 0 Å². The summed E-state index contributed by atoms with van der Waals surface area (Å²) in [6.07, 6.45) is 2.22. The van der Waals surface area contributed by atoms with Gasteiger partial charge in [-0.3, -0.25) is 0 Å². The minimum absolute atomic E-state index is 0.368. The summed E-state index contributed by atoms with van der Waals surface area (Å²) in [5, 5.41) is 0. The van der Waals surface area contributed by atoms with E-state index in [0.717, 1.165) is 12.2 Å². The van der Waals surface area contributed by atoms with Gasteiger partial charge >= 0.3 is 17.2 Å². The molecule has 0 saturated carbocycles. The monoisotopic (exact) mass is 240 g/mol. The van der Waals surface area contributed by atoms with E-state index in [4.69, 9.17) is 0 Å². The highest BCUT2D eigenvalue weighted by molar-refractivity contribution is 5.32. The van der Waals surface area contributed by atoms with Gasteiger partial charge in [-0.05, 0) is 0 Å². The molecule has 0 unspecified atom stereocenters. The Kier molecular flexibility index (Phi) is 3.82. The fourth-order valence-electron chi connectivity index (χ4n) is 0.922. The fourth-order valence-corrected chi connectivity index (χ4v) is 0.922. The zero-order valence-corrected chi connectivity index (χ0v) is 8.15. The molecule has 0 aliphatic heterocycles. The second-order valence-electron chi connectivity index (χ2n) is 2.55. The van der Waals surface area contributed by atoms with Crippen molar-refractivity contribution in [2.75, 3.05) is 0 Å². The lowest BCUT2D eigenvalue weighted by atomic mass is 10.8. The average Bonchev–Trinajstić information content (AvgIpc) is 2.28. The number of hydrogen-bond acceptors (Lipinski definition) is 8. The Balaban J connectivity index is 3.47. The first-order valence-electron chi connectivity index (χ1n) is 4.04. The van der Waals surface area contributed by atoms with Crippen LogP contribution in [0.1, 0.15) is 0 Å². The predicted octanol–water partition coefficient (Wildman–Crippen LogP) is -2.45. The van der Waals surface area contributed by atoms with Crippen LogP contribution in [0.25, 0.3) is 0 Å². The summed E-state index contributed by atoms with van der Waals surface area (Å²) < 4.78 is 4.88. The predicted molar refractivity (Wildman–Crippen MR) is 49.7 cm³/mol. The third kappa shape index (κ3) is 2.59. The Hall–Kier alpha value is -2.83. The van der Waals surface area contributed by atoms with Crippen molar-refractivity contribution in [1.82, 2.24) is 9.13 Å². The van der Waals surface area contributed by atoms with Crippen molar-refractivity contribution in [1.29, 1.82) is 0 Å². The smallest absolute Gasteiger partial charge is 0.358 e.